The molecule has 0 heterocycles. The van der Waals surface area contributed by atoms with E-state index in [4.69, 9.17) is 10.8 Å². The normalized spacial score (nSPS) is 31.8. The minimum absolute atomic E-state index is 0.226. The highest BCUT2D eigenvalue weighted by atomic mass is 16.3. The highest BCUT2D eigenvalue weighted by Crippen LogP contribution is 2.19. The lowest BCUT2D eigenvalue weighted by Gasteiger charge is -2.37. The lowest BCUT2D eigenvalue weighted by Crippen LogP contribution is -2.53. The summed E-state index contributed by atoms with van der Waals surface area (Å²) >= 11 is 0. The van der Waals surface area contributed by atoms with Gasteiger partial charge in [-0.15, -0.1) is 0 Å². The highest BCUT2D eigenvalue weighted by molar-refractivity contribution is 4.90. The van der Waals surface area contributed by atoms with Crippen molar-refractivity contribution in [1.29, 1.82) is 0 Å². The average Bonchev–Trinajstić information content (AvgIpc) is 1.95. The van der Waals surface area contributed by atoms with Crippen LogP contribution in [0.25, 0.3) is 0 Å². The summed E-state index contributed by atoms with van der Waals surface area (Å²) in [5.41, 5.74) is 5.66. The zero-order valence-corrected chi connectivity index (χ0v) is 7.96. The van der Waals surface area contributed by atoms with E-state index in [1.54, 1.807) is 0 Å². The lowest BCUT2D eigenvalue weighted by atomic mass is 9.86. The first kappa shape index (κ1) is 9.96. The third-order valence-corrected chi connectivity index (χ3v) is 2.63. The van der Waals surface area contributed by atoms with Crippen molar-refractivity contribution in [3.63, 3.8) is 0 Å². The van der Waals surface area contributed by atoms with Crippen LogP contribution in [0.4, 0.5) is 0 Å². The van der Waals surface area contributed by atoms with E-state index in [0.717, 1.165) is 12.8 Å². The summed E-state index contributed by atoms with van der Waals surface area (Å²) in [7, 11) is 0. The molecule has 1 rings (SSSR count). The molecule has 0 bridgehead atoms. The molecule has 0 radical (unpaired) electrons. The Kier molecular flexibility index (Phi) is 3.50. The van der Waals surface area contributed by atoms with Crippen molar-refractivity contribution in [3.05, 3.63) is 0 Å². The van der Waals surface area contributed by atoms with E-state index in [2.05, 4.69) is 19.2 Å². The number of hydrogen-bond donors (Lipinski definition) is 3. The Morgan fingerprint density at radius 3 is 2.42 bits per heavy atom. The third-order valence-electron chi connectivity index (χ3n) is 2.63. The molecule has 0 aromatic carbocycles. The first-order chi connectivity index (χ1) is 5.63. The second-order valence-electron chi connectivity index (χ2n) is 4.13. The molecule has 1 aliphatic rings. The van der Waals surface area contributed by atoms with Gasteiger partial charge in [0.15, 0.2) is 0 Å². The highest BCUT2D eigenvalue weighted by Gasteiger charge is 2.28. The molecule has 4 N–H and O–H groups in total. The van der Waals surface area contributed by atoms with Crippen LogP contribution in [0, 0.1) is 5.92 Å². The quantitative estimate of drug-likeness (QED) is 0.563. The minimum Gasteiger partial charge on any atom is -0.395 e. The van der Waals surface area contributed by atoms with Gasteiger partial charge in [0.2, 0.25) is 0 Å². The summed E-state index contributed by atoms with van der Waals surface area (Å²) in [6.07, 6.45) is 2.12. The van der Waals surface area contributed by atoms with Crippen LogP contribution >= 0.6 is 0 Å². The number of hydrogen-bond acceptors (Lipinski definition) is 3. The second-order valence-corrected chi connectivity index (χ2v) is 4.13. The fraction of sp³-hybridized carbons (Fsp3) is 1.00. The standard InChI is InChI=1S/C9H20N2O/c1-6(2)9(5-12)11-8-3-7(10)4-8/h6-9,11-12H,3-5,10H2,1-2H3. The number of aliphatic hydroxyl groups excluding tert-OH is 1. The van der Waals surface area contributed by atoms with E-state index < -0.39 is 0 Å². The molecule has 0 saturated heterocycles. The Morgan fingerprint density at radius 1 is 1.50 bits per heavy atom. The lowest BCUT2D eigenvalue weighted by molar-refractivity contribution is 0.169. The SMILES string of the molecule is CC(C)C(CO)NC1CC(N)C1. The van der Waals surface area contributed by atoms with Gasteiger partial charge in [-0.2, -0.15) is 0 Å². The van der Waals surface area contributed by atoms with Crippen LogP contribution in [0.2, 0.25) is 0 Å². The van der Waals surface area contributed by atoms with Crippen molar-refractivity contribution in [2.45, 2.75) is 44.8 Å². The Morgan fingerprint density at radius 2 is 2.08 bits per heavy atom. The van der Waals surface area contributed by atoms with Gasteiger partial charge in [0.25, 0.3) is 0 Å². The van der Waals surface area contributed by atoms with E-state index in [9.17, 15) is 0 Å². The van der Waals surface area contributed by atoms with Gasteiger partial charge in [0, 0.05) is 18.1 Å². The van der Waals surface area contributed by atoms with Crippen molar-refractivity contribution >= 4 is 0 Å². The van der Waals surface area contributed by atoms with Gasteiger partial charge < -0.3 is 16.2 Å². The smallest absolute Gasteiger partial charge is 0.0587 e. The van der Waals surface area contributed by atoms with Crippen molar-refractivity contribution < 1.29 is 5.11 Å². The Labute approximate surface area is 74.3 Å². The fourth-order valence-corrected chi connectivity index (χ4v) is 1.56. The molecule has 72 valence electrons. The molecule has 1 saturated carbocycles. The molecule has 1 unspecified atom stereocenters. The zero-order chi connectivity index (χ0) is 9.14. The fourth-order valence-electron chi connectivity index (χ4n) is 1.56. The zero-order valence-electron chi connectivity index (χ0n) is 7.96. The van der Waals surface area contributed by atoms with Gasteiger partial charge in [-0.05, 0) is 18.8 Å². The average molecular weight is 172 g/mol. The Balaban J connectivity index is 2.19. The molecule has 0 spiro atoms. The van der Waals surface area contributed by atoms with Crippen LogP contribution < -0.4 is 11.1 Å². The van der Waals surface area contributed by atoms with Crippen LogP contribution in [0.1, 0.15) is 26.7 Å². The summed E-state index contributed by atoms with van der Waals surface area (Å²) in [4.78, 5) is 0. The van der Waals surface area contributed by atoms with E-state index >= 15 is 0 Å². The van der Waals surface area contributed by atoms with Gasteiger partial charge >= 0.3 is 0 Å². The number of rotatable bonds is 4. The van der Waals surface area contributed by atoms with E-state index in [1.807, 2.05) is 0 Å². The molecule has 0 aliphatic heterocycles. The molecule has 3 heteroatoms. The predicted octanol–water partition coefficient (Wildman–Crippen LogP) is 0.0826. The maximum Gasteiger partial charge on any atom is 0.0587 e. The maximum atomic E-state index is 9.04. The Hall–Kier alpha value is -0.120. The van der Waals surface area contributed by atoms with Crippen molar-refractivity contribution in [2.24, 2.45) is 11.7 Å². The van der Waals surface area contributed by atoms with Gasteiger partial charge in [-0.3, -0.25) is 0 Å². The summed E-state index contributed by atoms with van der Waals surface area (Å²) in [5, 5.41) is 12.4. The van der Waals surface area contributed by atoms with Crippen LogP contribution in [-0.4, -0.2) is 29.8 Å². The van der Waals surface area contributed by atoms with E-state index in [1.165, 1.54) is 0 Å². The molecule has 0 aromatic heterocycles. The molecule has 12 heavy (non-hydrogen) atoms. The first-order valence-corrected chi connectivity index (χ1v) is 4.76. The number of aliphatic hydroxyl groups is 1. The monoisotopic (exact) mass is 172 g/mol. The van der Waals surface area contributed by atoms with Crippen LogP contribution in [0.5, 0.6) is 0 Å². The Bertz CT molecular complexity index is 132. The van der Waals surface area contributed by atoms with Crippen LogP contribution in [-0.2, 0) is 0 Å². The maximum absolute atomic E-state index is 9.04. The molecular formula is C9H20N2O. The molecule has 0 aromatic rings. The van der Waals surface area contributed by atoms with Crippen molar-refractivity contribution in [2.75, 3.05) is 6.61 Å². The van der Waals surface area contributed by atoms with Crippen molar-refractivity contribution in [1.82, 2.24) is 5.32 Å². The molecule has 1 atom stereocenters. The predicted molar refractivity (Wildman–Crippen MR) is 49.8 cm³/mol. The topological polar surface area (TPSA) is 58.3 Å². The van der Waals surface area contributed by atoms with Gasteiger partial charge in [0.05, 0.1) is 6.61 Å². The van der Waals surface area contributed by atoms with Gasteiger partial charge in [-0.25, -0.2) is 0 Å². The largest absolute Gasteiger partial charge is 0.395 e. The van der Waals surface area contributed by atoms with Crippen LogP contribution in [0.3, 0.4) is 0 Å². The van der Waals surface area contributed by atoms with E-state index in [0.29, 0.717) is 18.0 Å². The first-order valence-electron chi connectivity index (χ1n) is 4.76. The summed E-state index contributed by atoms with van der Waals surface area (Å²) in [6, 6.07) is 1.16. The van der Waals surface area contributed by atoms with Crippen LogP contribution in [0.15, 0.2) is 0 Å². The molecule has 0 amide bonds. The third kappa shape index (κ3) is 2.44. The molecule has 1 fully saturated rings. The van der Waals surface area contributed by atoms with Crippen molar-refractivity contribution in [3.8, 4) is 0 Å². The van der Waals surface area contributed by atoms with Gasteiger partial charge in [-0.1, -0.05) is 13.8 Å². The molecule has 1 aliphatic carbocycles. The summed E-state index contributed by atoms with van der Waals surface area (Å²) in [5.74, 6) is 0.492. The second kappa shape index (κ2) is 4.21. The van der Waals surface area contributed by atoms with E-state index in [-0.39, 0.29) is 12.6 Å². The summed E-state index contributed by atoms with van der Waals surface area (Å²) < 4.78 is 0. The minimum atomic E-state index is 0.226. The number of nitrogens with one attached hydrogen (secondary N) is 1. The van der Waals surface area contributed by atoms with Gasteiger partial charge in [0.1, 0.15) is 0 Å². The molecular weight excluding hydrogens is 152 g/mol. The molecule has 3 nitrogen and oxygen atoms in total. The number of nitrogens with two attached hydrogens (primary N) is 1. The summed E-state index contributed by atoms with van der Waals surface area (Å²) in [6.45, 7) is 4.46.